The Hall–Kier alpha value is -2.13. The van der Waals surface area contributed by atoms with Crippen molar-refractivity contribution >= 4 is 33.3 Å². The predicted octanol–water partition coefficient (Wildman–Crippen LogP) is 0.547. The molecular weight excluding hydrogens is 286 g/mol. The van der Waals surface area contributed by atoms with Crippen LogP contribution in [0.15, 0.2) is 47.9 Å². The lowest BCUT2D eigenvalue weighted by Crippen LogP contribution is -2.34. The average molecular weight is 295 g/mol. The van der Waals surface area contributed by atoms with Crippen molar-refractivity contribution in [2.75, 3.05) is 5.32 Å². The highest BCUT2D eigenvalue weighted by molar-refractivity contribution is 7.92. The molecule has 0 aliphatic rings. The van der Waals surface area contributed by atoms with Crippen LogP contribution in [0, 0.1) is 0 Å². The molecule has 2 rings (SSSR count). The Kier molecular flexibility index (Phi) is 3.97. The molecule has 0 amide bonds. The fraction of sp³-hybridized carbons (Fsp3) is 0. The number of hydrogen-bond acceptors (Lipinski definition) is 6. The Balaban J connectivity index is 2.07. The molecule has 0 bridgehead atoms. The van der Waals surface area contributed by atoms with Gasteiger partial charge in [0.1, 0.15) is 12.7 Å². The minimum atomic E-state index is -3.70. The highest BCUT2D eigenvalue weighted by atomic mass is 32.2. The second-order valence-corrected chi connectivity index (χ2v) is 5.43. The number of sulfonamides is 1. The number of hydrogen-bond donors (Lipinski definition) is 2. The summed E-state index contributed by atoms with van der Waals surface area (Å²) in [6, 6.07) is 7.90. The first-order chi connectivity index (χ1) is 9.08. The molecule has 2 aromatic rings. The summed E-state index contributed by atoms with van der Waals surface area (Å²) < 4.78 is 26.1. The molecule has 9 heteroatoms. The SMILES string of the molecule is O=S(=O)(NC(=S)Nc1ncncn1)c1ccccc1. The van der Waals surface area contributed by atoms with Crippen LogP contribution in [0.5, 0.6) is 0 Å². The minimum Gasteiger partial charge on any atom is -0.300 e. The fourth-order valence-electron chi connectivity index (χ4n) is 1.21. The molecule has 0 aliphatic carbocycles. The molecule has 2 N–H and O–H groups in total. The molecule has 1 aromatic carbocycles. The maximum absolute atomic E-state index is 11.9. The summed E-state index contributed by atoms with van der Waals surface area (Å²) in [7, 11) is -3.70. The molecule has 98 valence electrons. The molecule has 0 atom stereocenters. The number of aromatic nitrogens is 3. The lowest BCUT2D eigenvalue weighted by molar-refractivity contribution is 0.593. The van der Waals surface area contributed by atoms with Crippen LogP contribution in [0.1, 0.15) is 0 Å². The summed E-state index contributed by atoms with van der Waals surface area (Å²) in [4.78, 5) is 11.3. The summed E-state index contributed by atoms with van der Waals surface area (Å²) in [6.45, 7) is 0. The zero-order valence-electron chi connectivity index (χ0n) is 9.52. The van der Waals surface area contributed by atoms with Gasteiger partial charge in [0.2, 0.25) is 5.95 Å². The van der Waals surface area contributed by atoms with E-state index in [1.807, 2.05) is 0 Å². The van der Waals surface area contributed by atoms with Crippen LogP contribution in [-0.4, -0.2) is 28.5 Å². The molecule has 0 spiro atoms. The normalized spacial score (nSPS) is 10.7. The Morgan fingerprint density at radius 1 is 1.11 bits per heavy atom. The van der Waals surface area contributed by atoms with Gasteiger partial charge in [0.25, 0.3) is 10.0 Å². The second-order valence-electron chi connectivity index (χ2n) is 3.33. The lowest BCUT2D eigenvalue weighted by Gasteiger charge is -2.09. The van der Waals surface area contributed by atoms with Crippen LogP contribution in [0.25, 0.3) is 0 Å². The quantitative estimate of drug-likeness (QED) is 0.798. The Morgan fingerprint density at radius 3 is 2.37 bits per heavy atom. The minimum absolute atomic E-state index is 0.116. The van der Waals surface area contributed by atoms with E-state index in [1.165, 1.54) is 24.8 Å². The third-order valence-electron chi connectivity index (χ3n) is 2.00. The van der Waals surface area contributed by atoms with Crippen molar-refractivity contribution < 1.29 is 8.42 Å². The van der Waals surface area contributed by atoms with E-state index in [0.29, 0.717) is 0 Å². The van der Waals surface area contributed by atoms with Crippen LogP contribution in [0.2, 0.25) is 0 Å². The zero-order valence-corrected chi connectivity index (χ0v) is 11.1. The van der Waals surface area contributed by atoms with Crippen LogP contribution in [0.3, 0.4) is 0 Å². The van der Waals surface area contributed by atoms with Gasteiger partial charge in [0, 0.05) is 0 Å². The second kappa shape index (κ2) is 5.67. The largest absolute Gasteiger partial charge is 0.300 e. The van der Waals surface area contributed by atoms with Gasteiger partial charge in [-0.2, -0.15) is 0 Å². The average Bonchev–Trinajstić information content (AvgIpc) is 2.40. The van der Waals surface area contributed by atoms with Gasteiger partial charge < -0.3 is 5.32 Å². The van der Waals surface area contributed by atoms with Gasteiger partial charge in [0.05, 0.1) is 4.90 Å². The van der Waals surface area contributed by atoms with Gasteiger partial charge in [-0.25, -0.2) is 23.4 Å². The number of thiocarbonyl (C=S) groups is 1. The summed E-state index contributed by atoms with van der Waals surface area (Å²) >= 11 is 4.88. The highest BCUT2D eigenvalue weighted by Gasteiger charge is 2.15. The first-order valence-corrected chi connectivity index (χ1v) is 6.98. The molecular formula is C10H9N5O2S2. The maximum atomic E-state index is 11.9. The van der Waals surface area contributed by atoms with Crippen molar-refractivity contribution in [2.24, 2.45) is 0 Å². The number of nitrogens with zero attached hydrogens (tertiary/aromatic N) is 3. The Morgan fingerprint density at radius 2 is 1.74 bits per heavy atom. The molecule has 7 nitrogen and oxygen atoms in total. The van der Waals surface area contributed by atoms with E-state index in [1.54, 1.807) is 18.2 Å². The predicted molar refractivity (Wildman–Crippen MR) is 72.8 cm³/mol. The fourth-order valence-corrected chi connectivity index (χ4v) is 2.56. The van der Waals surface area contributed by atoms with E-state index >= 15 is 0 Å². The molecule has 0 aliphatic heterocycles. The number of anilines is 1. The van der Waals surface area contributed by atoms with Crippen molar-refractivity contribution in [1.29, 1.82) is 0 Å². The van der Waals surface area contributed by atoms with Crippen molar-refractivity contribution in [3.8, 4) is 0 Å². The monoisotopic (exact) mass is 295 g/mol. The van der Waals surface area contributed by atoms with E-state index < -0.39 is 10.0 Å². The third kappa shape index (κ3) is 3.66. The van der Waals surface area contributed by atoms with Gasteiger partial charge >= 0.3 is 0 Å². The van der Waals surface area contributed by atoms with Crippen molar-refractivity contribution in [3.05, 3.63) is 43.0 Å². The number of benzene rings is 1. The van der Waals surface area contributed by atoms with Crippen LogP contribution < -0.4 is 10.0 Å². The Bertz CT molecular complexity index is 661. The van der Waals surface area contributed by atoms with Gasteiger partial charge in [-0.1, -0.05) is 18.2 Å². The first kappa shape index (κ1) is 13.3. The van der Waals surface area contributed by atoms with Gasteiger partial charge in [-0.15, -0.1) is 0 Å². The van der Waals surface area contributed by atoms with Crippen LogP contribution in [0.4, 0.5) is 5.95 Å². The lowest BCUT2D eigenvalue weighted by atomic mass is 10.4. The van der Waals surface area contributed by atoms with Gasteiger partial charge in [-0.05, 0) is 24.4 Å². The van der Waals surface area contributed by atoms with Gasteiger partial charge in [-0.3, -0.25) is 4.72 Å². The molecule has 0 unspecified atom stereocenters. The first-order valence-electron chi connectivity index (χ1n) is 5.09. The molecule has 0 saturated carbocycles. The van der Waals surface area contributed by atoms with E-state index in [4.69, 9.17) is 12.2 Å². The topological polar surface area (TPSA) is 96.9 Å². The smallest absolute Gasteiger partial charge is 0.263 e. The van der Waals surface area contributed by atoms with Crippen molar-refractivity contribution in [2.45, 2.75) is 4.90 Å². The standard InChI is InChI=1S/C10H9N5O2S2/c16-19(17,8-4-2-1-3-5-8)15-10(18)14-9-12-6-11-7-13-9/h1-7H,(H2,11,12,13,14,15,18). The van der Waals surface area contributed by atoms with Crippen molar-refractivity contribution in [3.63, 3.8) is 0 Å². The van der Waals surface area contributed by atoms with E-state index in [-0.39, 0.29) is 16.0 Å². The number of rotatable bonds is 3. The van der Waals surface area contributed by atoms with Crippen LogP contribution >= 0.6 is 12.2 Å². The molecule has 0 fully saturated rings. The molecule has 0 radical (unpaired) electrons. The summed E-state index contributed by atoms with van der Waals surface area (Å²) in [6.07, 6.45) is 2.54. The summed E-state index contributed by atoms with van der Waals surface area (Å²) in [5.41, 5.74) is 0. The zero-order chi connectivity index (χ0) is 13.7. The van der Waals surface area contributed by atoms with E-state index in [9.17, 15) is 8.42 Å². The Labute approximate surface area is 115 Å². The molecule has 0 saturated heterocycles. The summed E-state index contributed by atoms with van der Waals surface area (Å²) in [5, 5.41) is 2.43. The van der Waals surface area contributed by atoms with Crippen molar-refractivity contribution in [1.82, 2.24) is 19.7 Å². The maximum Gasteiger partial charge on any atom is 0.263 e. The molecule has 1 heterocycles. The number of nitrogens with one attached hydrogen (secondary N) is 2. The van der Waals surface area contributed by atoms with E-state index in [2.05, 4.69) is 25.0 Å². The molecule has 19 heavy (non-hydrogen) atoms. The van der Waals surface area contributed by atoms with Gasteiger partial charge in [0.15, 0.2) is 5.11 Å². The molecule has 1 aromatic heterocycles. The highest BCUT2D eigenvalue weighted by Crippen LogP contribution is 2.07. The summed E-state index contributed by atoms with van der Waals surface area (Å²) in [5.74, 6) is 0.163. The van der Waals surface area contributed by atoms with E-state index in [0.717, 1.165) is 0 Å². The van der Waals surface area contributed by atoms with Crippen LogP contribution in [-0.2, 0) is 10.0 Å². The third-order valence-corrected chi connectivity index (χ3v) is 3.70.